The molecule has 0 spiro atoms. The molecule has 1 saturated carbocycles. The van der Waals surface area contributed by atoms with Gasteiger partial charge in [-0.2, -0.15) is 0 Å². The second-order valence-corrected chi connectivity index (χ2v) is 6.79. The maximum atomic E-state index is 12.5. The highest BCUT2D eigenvalue weighted by atomic mass is 16.2. The molecular formula is C16H27N3O3. The summed E-state index contributed by atoms with van der Waals surface area (Å²) in [6.07, 6.45) is 5.64. The summed E-state index contributed by atoms with van der Waals surface area (Å²) in [5.74, 6) is -0.864. The molecule has 6 nitrogen and oxygen atoms in total. The molecule has 1 heterocycles. The Hall–Kier alpha value is -1.43. The molecule has 2 unspecified atom stereocenters. The molecule has 2 fully saturated rings. The second-order valence-electron chi connectivity index (χ2n) is 6.79. The molecule has 2 aliphatic rings. The van der Waals surface area contributed by atoms with Crippen molar-refractivity contribution in [3.63, 3.8) is 0 Å². The van der Waals surface area contributed by atoms with E-state index < -0.39 is 17.7 Å². The Labute approximate surface area is 131 Å². The van der Waals surface area contributed by atoms with Crippen LogP contribution in [0.3, 0.4) is 0 Å². The summed E-state index contributed by atoms with van der Waals surface area (Å²) in [5.41, 5.74) is 5.12. The maximum Gasteiger partial charge on any atom is 0.287 e. The predicted molar refractivity (Wildman–Crippen MR) is 82.9 cm³/mol. The van der Waals surface area contributed by atoms with Crippen LogP contribution in [0.5, 0.6) is 0 Å². The average molecular weight is 309 g/mol. The van der Waals surface area contributed by atoms with Gasteiger partial charge in [-0.1, -0.05) is 32.6 Å². The fraction of sp³-hybridized carbons (Fsp3) is 0.812. The Bertz CT molecular complexity index is 448. The van der Waals surface area contributed by atoms with E-state index in [0.29, 0.717) is 18.3 Å². The largest absolute Gasteiger partial charge is 0.363 e. The lowest BCUT2D eigenvalue weighted by molar-refractivity contribution is -0.139. The number of likely N-dealkylation sites (tertiary alicyclic amines) is 1. The molecule has 0 aromatic heterocycles. The lowest BCUT2D eigenvalue weighted by atomic mass is 9.80. The number of nitrogens with one attached hydrogen (secondary N) is 1. The third-order valence-corrected chi connectivity index (χ3v) is 5.18. The molecule has 1 aliphatic carbocycles. The average Bonchev–Trinajstić information content (AvgIpc) is 2.81. The first kappa shape index (κ1) is 16.9. The molecule has 1 aliphatic heterocycles. The highest BCUT2D eigenvalue weighted by Gasteiger charge is 2.37. The number of Topliss-reactive ketones (excluding diaryl/α,β-unsaturated/α-hetero) is 1. The Morgan fingerprint density at radius 2 is 1.95 bits per heavy atom. The lowest BCUT2D eigenvalue weighted by Gasteiger charge is -2.30. The number of hydrogen-bond acceptors (Lipinski definition) is 4. The molecule has 0 bridgehead atoms. The molecule has 2 amide bonds. The van der Waals surface area contributed by atoms with Gasteiger partial charge < -0.3 is 11.1 Å². The van der Waals surface area contributed by atoms with E-state index >= 15 is 0 Å². The molecule has 2 rings (SSSR count). The summed E-state index contributed by atoms with van der Waals surface area (Å²) in [5, 5.41) is 2.78. The number of amides is 2. The quantitative estimate of drug-likeness (QED) is 0.668. The molecule has 0 aromatic carbocycles. The van der Waals surface area contributed by atoms with Crippen molar-refractivity contribution in [1.82, 2.24) is 10.2 Å². The number of hydrogen-bond donors (Lipinski definition) is 2. The molecule has 0 radical (unpaired) electrons. The minimum Gasteiger partial charge on any atom is -0.363 e. The highest BCUT2D eigenvalue weighted by Crippen LogP contribution is 2.31. The van der Waals surface area contributed by atoms with Crippen LogP contribution in [0.25, 0.3) is 0 Å². The topological polar surface area (TPSA) is 92.5 Å². The monoisotopic (exact) mass is 309 g/mol. The summed E-state index contributed by atoms with van der Waals surface area (Å²) < 4.78 is 0. The van der Waals surface area contributed by atoms with Gasteiger partial charge in [-0.15, -0.1) is 0 Å². The summed E-state index contributed by atoms with van der Waals surface area (Å²) in [7, 11) is 1.93. The van der Waals surface area contributed by atoms with Gasteiger partial charge >= 0.3 is 0 Å². The molecule has 22 heavy (non-hydrogen) atoms. The minimum atomic E-state index is -0.962. The van der Waals surface area contributed by atoms with E-state index in [1.807, 2.05) is 11.9 Å². The number of carbonyl (C=O) groups excluding carboxylic acids is 3. The number of ketones is 1. The van der Waals surface area contributed by atoms with Crippen LogP contribution in [0, 0.1) is 11.8 Å². The Morgan fingerprint density at radius 1 is 1.27 bits per heavy atom. The SMILES string of the molecule is CC[C@@H]1CC(C(=O)NC(CC2CCC2)C(=O)C(N)=O)N(C)C1. The molecule has 0 aromatic rings. The van der Waals surface area contributed by atoms with Crippen LogP contribution in [0.4, 0.5) is 0 Å². The van der Waals surface area contributed by atoms with Crippen LogP contribution in [0.2, 0.25) is 0 Å². The van der Waals surface area contributed by atoms with Crippen molar-refractivity contribution < 1.29 is 14.4 Å². The van der Waals surface area contributed by atoms with Gasteiger partial charge in [0.1, 0.15) is 0 Å². The van der Waals surface area contributed by atoms with Gasteiger partial charge in [0.25, 0.3) is 5.91 Å². The van der Waals surface area contributed by atoms with Crippen LogP contribution < -0.4 is 11.1 Å². The fourth-order valence-electron chi connectivity index (χ4n) is 3.44. The number of primary amides is 1. The summed E-state index contributed by atoms with van der Waals surface area (Å²) >= 11 is 0. The van der Waals surface area contributed by atoms with E-state index in [-0.39, 0.29) is 11.9 Å². The van der Waals surface area contributed by atoms with Crippen molar-refractivity contribution in [2.45, 2.75) is 57.5 Å². The van der Waals surface area contributed by atoms with E-state index in [9.17, 15) is 14.4 Å². The van der Waals surface area contributed by atoms with Gasteiger partial charge in [-0.3, -0.25) is 19.3 Å². The summed E-state index contributed by atoms with van der Waals surface area (Å²) in [4.78, 5) is 37.7. The third-order valence-electron chi connectivity index (χ3n) is 5.18. The van der Waals surface area contributed by atoms with Gasteiger partial charge in [0.15, 0.2) is 0 Å². The smallest absolute Gasteiger partial charge is 0.287 e. The molecule has 3 N–H and O–H groups in total. The van der Waals surface area contributed by atoms with E-state index in [2.05, 4.69) is 12.2 Å². The fourth-order valence-corrected chi connectivity index (χ4v) is 3.44. The Kier molecular flexibility index (Phi) is 5.56. The molecule has 6 heteroatoms. The standard InChI is InChI=1S/C16H27N3O3/c1-3-10-8-13(19(2)9-10)16(22)18-12(14(20)15(17)21)7-11-5-4-6-11/h10-13H,3-9H2,1-2H3,(H2,17,21)(H,18,22)/t10-,12?,13?/m1/s1. The van der Waals surface area contributed by atoms with Crippen LogP contribution in [0.1, 0.15) is 45.4 Å². The zero-order chi connectivity index (χ0) is 16.3. The second kappa shape index (κ2) is 7.22. The normalized spacial score (nSPS) is 27.2. The molecule has 1 saturated heterocycles. The van der Waals surface area contributed by atoms with E-state index in [1.54, 1.807) is 0 Å². The van der Waals surface area contributed by atoms with Crippen molar-refractivity contribution in [3.8, 4) is 0 Å². The van der Waals surface area contributed by atoms with Crippen molar-refractivity contribution in [3.05, 3.63) is 0 Å². The third kappa shape index (κ3) is 3.85. The number of likely N-dealkylation sites (N-methyl/N-ethyl adjacent to an activating group) is 1. The minimum absolute atomic E-state index is 0.155. The number of rotatable bonds is 7. The van der Waals surface area contributed by atoms with Crippen LogP contribution in [0.15, 0.2) is 0 Å². The molecular weight excluding hydrogens is 282 g/mol. The van der Waals surface area contributed by atoms with Crippen LogP contribution in [-0.2, 0) is 14.4 Å². The number of nitrogens with zero attached hydrogens (tertiary/aromatic N) is 1. The summed E-state index contributed by atoms with van der Waals surface area (Å²) in [6, 6.07) is -0.973. The Balaban J connectivity index is 1.97. The van der Waals surface area contributed by atoms with E-state index in [4.69, 9.17) is 5.73 Å². The zero-order valence-corrected chi connectivity index (χ0v) is 13.5. The first-order valence-electron chi connectivity index (χ1n) is 8.26. The van der Waals surface area contributed by atoms with Gasteiger partial charge in [0, 0.05) is 6.54 Å². The van der Waals surface area contributed by atoms with Crippen molar-refractivity contribution >= 4 is 17.6 Å². The van der Waals surface area contributed by atoms with Gasteiger partial charge in [0.05, 0.1) is 12.1 Å². The van der Waals surface area contributed by atoms with Crippen LogP contribution in [-0.4, -0.2) is 48.2 Å². The number of carbonyl (C=O) groups is 3. The van der Waals surface area contributed by atoms with Crippen molar-refractivity contribution in [2.24, 2.45) is 17.6 Å². The van der Waals surface area contributed by atoms with Gasteiger partial charge in [-0.25, -0.2) is 0 Å². The number of nitrogens with two attached hydrogens (primary N) is 1. The van der Waals surface area contributed by atoms with Crippen molar-refractivity contribution in [1.29, 1.82) is 0 Å². The van der Waals surface area contributed by atoms with E-state index in [0.717, 1.165) is 38.6 Å². The van der Waals surface area contributed by atoms with Gasteiger partial charge in [-0.05, 0) is 31.7 Å². The lowest BCUT2D eigenvalue weighted by Crippen LogP contribution is -2.52. The van der Waals surface area contributed by atoms with E-state index in [1.165, 1.54) is 0 Å². The predicted octanol–water partition coefficient (Wildman–Crippen LogP) is 0.446. The van der Waals surface area contributed by atoms with Crippen LogP contribution >= 0.6 is 0 Å². The maximum absolute atomic E-state index is 12.5. The Morgan fingerprint density at radius 3 is 2.41 bits per heavy atom. The first-order valence-corrected chi connectivity index (χ1v) is 8.26. The molecule has 124 valence electrons. The van der Waals surface area contributed by atoms with Crippen molar-refractivity contribution in [2.75, 3.05) is 13.6 Å². The zero-order valence-electron chi connectivity index (χ0n) is 13.5. The first-order chi connectivity index (χ1) is 10.4. The van der Waals surface area contributed by atoms with Gasteiger partial charge in [0.2, 0.25) is 11.7 Å². The molecule has 3 atom stereocenters. The summed E-state index contributed by atoms with van der Waals surface area (Å²) in [6.45, 7) is 3.01. The highest BCUT2D eigenvalue weighted by molar-refractivity contribution is 6.37.